The summed E-state index contributed by atoms with van der Waals surface area (Å²) in [6.45, 7) is 2.56. The maximum Gasteiger partial charge on any atom is 0.415 e. The summed E-state index contributed by atoms with van der Waals surface area (Å²) in [6, 6.07) is -0.569. The van der Waals surface area contributed by atoms with E-state index in [0.29, 0.717) is 37.2 Å². The minimum atomic E-state index is -0.930. The summed E-state index contributed by atoms with van der Waals surface area (Å²) >= 11 is 0. The van der Waals surface area contributed by atoms with Gasteiger partial charge in [-0.15, -0.1) is 0 Å². The van der Waals surface area contributed by atoms with Gasteiger partial charge in [0, 0.05) is 13.1 Å². The average molecular weight is 392 g/mol. The van der Waals surface area contributed by atoms with Gasteiger partial charge in [-0.1, -0.05) is 11.2 Å². The number of allylic oxidation sites excluding steroid dienone is 1. The monoisotopic (exact) mass is 392 g/mol. The second kappa shape index (κ2) is 8.01. The Hall–Kier alpha value is -2.88. The van der Waals surface area contributed by atoms with Crippen LogP contribution in [0.5, 0.6) is 0 Å². The van der Waals surface area contributed by atoms with Crippen LogP contribution in [0.3, 0.4) is 0 Å². The maximum absolute atomic E-state index is 12.8. The molecule has 2 unspecified atom stereocenters. The first-order valence-electron chi connectivity index (χ1n) is 9.09. The summed E-state index contributed by atoms with van der Waals surface area (Å²) in [5.41, 5.74) is 7.13. The molecule has 0 aromatic heterocycles. The van der Waals surface area contributed by atoms with Crippen molar-refractivity contribution in [1.82, 2.24) is 9.80 Å². The lowest BCUT2D eigenvalue weighted by atomic mass is 9.96. The number of oxime groups is 1. The molecule has 3 rings (SSSR count). The molecule has 152 valence electrons. The van der Waals surface area contributed by atoms with Gasteiger partial charge in [0.05, 0.1) is 31.3 Å². The van der Waals surface area contributed by atoms with E-state index >= 15 is 0 Å². The SMILES string of the molecule is COC(=O)C1CCN(C(=O)C2CN(C3=C(C)C(=NO)C(N)C=C3)C(=O)O2)CC1. The molecule has 10 nitrogen and oxygen atoms in total. The number of methoxy groups -OCH3 is 1. The van der Waals surface area contributed by atoms with Crippen LogP contribution in [0.1, 0.15) is 19.8 Å². The number of nitrogens with two attached hydrogens (primary N) is 1. The van der Waals surface area contributed by atoms with Crippen LogP contribution in [0.2, 0.25) is 0 Å². The second-order valence-corrected chi connectivity index (χ2v) is 6.99. The third kappa shape index (κ3) is 3.59. The van der Waals surface area contributed by atoms with Gasteiger partial charge in [0.1, 0.15) is 5.71 Å². The Bertz CT molecular complexity index is 766. The van der Waals surface area contributed by atoms with Gasteiger partial charge in [0.2, 0.25) is 0 Å². The number of amides is 2. The van der Waals surface area contributed by atoms with Crippen molar-refractivity contribution in [2.45, 2.75) is 31.9 Å². The first-order valence-corrected chi connectivity index (χ1v) is 9.09. The minimum Gasteiger partial charge on any atom is -0.469 e. The summed E-state index contributed by atoms with van der Waals surface area (Å²) < 4.78 is 10.0. The number of nitrogens with zero attached hydrogens (tertiary/aromatic N) is 3. The van der Waals surface area contributed by atoms with Gasteiger partial charge in [-0.3, -0.25) is 14.5 Å². The normalized spacial score (nSPS) is 27.4. The minimum absolute atomic E-state index is 0.0551. The fraction of sp³-hybridized carbons (Fsp3) is 0.556. The Balaban J connectivity index is 1.67. The Morgan fingerprint density at radius 3 is 2.64 bits per heavy atom. The number of piperidine rings is 1. The van der Waals surface area contributed by atoms with Crippen molar-refractivity contribution in [2.24, 2.45) is 16.8 Å². The molecular formula is C18H24N4O6. The third-order valence-electron chi connectivity index (χ3n) is 5.37. The van der Waals surface area contributed by atoms with Crippen LogP contribution in [0.4, 0.5) is 4.79 Å². The highest BCUT2D eigenvalue weighted by Gasteiger charge is 2.41. The van der Waals surface area contributed by atoms with Crippen LogP contribution in [-0.4, -0.2) is 77.6 Å². The molecule has 1 aliphatic carbocycles. The quantitative estimate of drug-likeness (QED) is 0.398. The van der Waals surface area contributed by atoms with Crippen LogP contribution in [0.15, 0.2) is 28.6 Å². The molecule has 0 bridgehead atoms. The molecule has 2 atom stereocenters. The van der Waals surface area contributed by atoms with Crippen molar-refractivity contribution in [3.63, 3.8) is 0 Å². The van der Waals surface area contributed by atoms with Crippen LogP contribution in [0.25, 0.3) is 0 Å². The molecule has 10 heteroatoms. The third-order valence-corrected chi connectivity index (χ3v) is 5.37. The van der Waals surface area contributed by atoms with E-state index < -0.39 is 18.2 Å². The fourth-order valence-electron chi connectivity index (χ4n) is 3.72. The summed E-state index contributed by atoms with van der Waals surface area (Å²) in [5.74, 6) is -0.765. The van der Waals surface area contributed by atoms with E-state index in [1.807, 2.05) is 0 Å². The number of likely N-dealkylation sites (tertiary alicyclic amines) is 1. The number of hydrogen-bond acceptors (Lipinski definition) is 8. The summed E-state index contributed by atoms with van der Waals surface area (Å²) in [7, 11) is 1.35. The van der Waals surface area contributed by atoms with E-state index in [-0.39, 0.29) is 30.1 Å². The highest BCUT2D eigenvalue weighted by atomic mass is 16.6. The molecule has 2 saturated heterocycles. The predicted molar refractivity (Wildman–Crippen MR) is 97.3 cm³/mol. The Kier molecular flexibility index (Phi) is 5.68. The first kappa shape index (κ1) is 19.9. The lowest BCUT2D eigenvalue weighted by Crippen LogP contribution is -2.46. The lowest BCUT2D eigenvalue weighted by molar-refractivity contribution is -0.150. The van der Waals surface area contributed by atoms with Crippen molar-refractivity contribution in [2.75, 3.05) is 26.7 Å². The maximum atomic E-state index is 12.8. The second-order valence-electron chi connectivity index (χ2n) is 6.99. The molecule has 0 saturated carbocycles. The van der Waals surface area contributed by atoms with Crippen molar-refractivity contribution in [3.05, 3.63) is 23.4 Å². The van der Waals surface area contributed by atoms with Gasteiger partial charge in [0.15, 0.2) is 6.10 Å². The smallest absolute Gasteiger partial charge is 0.415 e. The van der Waals surface area contributed by atoms with E-state index in [1.54, 1.807) is 24.0 Å². The molecule has 28 heavy (non-hydrogen) atoms. The number of carbonyl (C=O) groups excluding carboxylic acids is 3. The molecule has 0 radical (unpaired) electrons. The van der Waals surface area contributed by atoms with Gasteiger partial charge in [-0.25, -0.2) is 4.79 Å². The molecule has 0 aromatic carbocycles. The number of esters is 1. The molecule has 2 aliphatic heterocycles. The summed E-state index contributed by atoms with van der Waals surface area (Å²) in [6.07, 6.45) is 2.73. The molecule has 2 heterocycles. The zero-order chi connectivity index (χ0) is 20.4. The van der Waals surface area contributed by atoms with Crippen LogP contribution in [0, 0.1) is 5.92 Å². The molecule has 3 aliphatic rings. The zero-order valence-corrected chi connectivity index (χ0v) is 15.8. The van der Waals surface area contributed by atoms with Gasteiger partial charge >= 0.3 is 12.1 Å². The molecule has 3 N–H and O–H groups in total. The van der Waals surface area contributed by atoms with E-state index in [0.717, 1.165) is 0 Å². The lowest BCUT2D eigenvalue weighted by Gasteiger charge is -2.31. The van der Waals surface area contributed by atoms with Gasteiger partial charge in [-0.05, 0) is 31.4 Å². The van der Waals surface area contributed by atoms with E-state index in [2.05, 4.69) is 5.16 Å². The number of rotatable bonds is 3. The molecular weight excluding hydrogens is 368 g/mol. The van der Waals surface area contributed by atoms with Crippen LogP contribution in [-0.2, 0) is 19.1 Å². The van der Waals surface area contributed by atoms with Crippen molar-refractivity contribution < 1.29 is 29.1 Å². The molecule has 0 spiro atoms. The topological polar surface area (TPSA) is 135 Å². The Morgan fingerprint density at radius 1 is 1.36 bits per heavy atom. The standard InChI is InChI=1S/C18H24N4O6/c1-10-13(4-3-12(19)15(10)20-26)22-9-14(28-18(22)25)16(23)21-7-5-11(6-8-21)17(24)27-2/h3-4,11-12,14,26H,5-9,19H2,1-2H3. The van der Waals surface area contributed by atoms with Gasteiger partial charge in [-0.2, -0.15) is 0 Å². The zero-order valence-electron chi connectivity index (χ0n) is 15.8. The van der Waals surface area contributed by atoms with E-state index in [1.165, 1.54) is 12.0 Å². The number of cyclic esters (lactones) is 1. The number of carbonyl (C=O) groups is 3. The van der Waals surface area contributed by atoms with Crippen LogP contribution < -0.4 is 5.73 Å². The molecule has 0 aromatic rings. The van der Waals surface area contributed by atoms with Crippen molar-refractivity contribution in [3.8, 4) is 0 Å². The highest BCUT2D eigenvalue weighted by molar-refractivity contribution is 6.06. The predicted octanol–water partition coefficient (Wildman–Crippen LogP) is 0.220. The fourth-order valence-corrected chi connectivity index (χ4v) is 3.72. The number of ether oxygens (including phenoxy) is 2. The van der Waals surface area contributed by atoms with Crippen molar-refractivity contribution >= 4 is 23.7 Å². The molecule has 2 fully saturated rings. The summed E-state index contributed by atoms with van der Waals surface area (Å²) in [4.78, 5) is 39.7. The first-order chi connectivity index (χ1) is 13.4. The Morgan fingerprint density at radius 2 is 2.04 bits per heavy atom. The molecule has 2 amide bonds. The average Bonchev–Trinajstić information content (AvgIpc) is 3.08. The van der Waals surface area contributed by atoms with Crippen LogP contribution >= 0.6 is 0 Å². The van der Waals surface area contributed by atoms with Gasteiger partial charge < -0.3 is 25.3 Å². The highest BCUT2D eigenvalue weighted by Crippen LogP contribution is 2.27. The summed E-state index contributed by atoms with van der Waals surface area (Å²) in [5, 5.41) is 12.4. The number of hydrogen-bond donors (Lipinski definition) is 2. The Labute approximate surface area is 162 Å². The largest absolute Gasteiger partial charge is 0.469 e. The van der Waals surface area contributed by atoms with Crippen molar-refractivity contribution in [1.29, 1.82) is 0 Å². The van der Waals surface area contributed by atoms with Gasteiger partial charge in [0.25, 0.3) is 5.91 Å². The van der Waals surface area contributed by atoms with E-state index in [4.69, 9.17) is 20.4 Å². The van der Waals surface area contributed by atoms with E-state index in [9.17, 15) is 14.4 Å².